The molecule has 0 saturated heterocycles. The van der Waals surface area contributed by atoms with Crippen molar-refractivity contribution in [3.63, 3.8) is 0 Å². The summed E-state index contributed by atoms with van der Waals surface area (Å²) in [6, 6.07) is 18.1. The second-order valence-corrected chi connectivity index (χ2v) is 6.54. The topological polar surface area (TPSA) is 49.2 Å². The maximum atomic E-state index is 5.55. The van der Waals surface area contributed by atoms with Crippen LogP contribution in [0.25, 0.3) is 17.1 Å². The monoisotopic (exact) mass is 369 g/mol. The van der Waals surface area contributed by atoms with E-state index in [0.717, 1.165) is 40.3 Å². The highest BCUT2D eigenvalue weighted by molar-refractivity contribution is 7.99. The Morgan fingerprint density at radius 3 is 2.38 bits per heavy atom. The Bertz CT molecular complexity index is 804. The van der Waals surface area contributed by atoms with E-state index in [9.17, 15) is 0 Å². The van der Waals surface area contributed by atoms with Crippen LogP contribution in [0.5, 0.6) is 5.75 Å². The molecule has 0 spiro atoms. The third kappa shape index (κ3) is 4.45. The molecule has 1 aromatic heterocycles. The van der Waals surface area contributed by atoms with Crippen molar-refractivity contribution in [1.29, 1.82) is 0 Å². The van der Waals surface area contributed by atoms with Gasteiger partial charge in [-0.1, -0.05) is 42.1 Å². The molecule has 0 fully saturated rings. The Hall–Kier alpha value is -2.31. The summed E-state index contributed by atoms with van der Waals surface area (Å²) in [5.74, 6) is 2.52. The zero-order chi connectivity index (χ0) is 18.2. The zero-order valence-electron chi connectivity index (χ0n) is 15.1. The van der Waals surface area contributed by atoms with Crippen molar-refractivity contribution in [2.75, 3.05) is 25.6 Å². The first-order chi connectivity index (χ1) is 12.8. The molecule has 0 saturated carbocycles. The number of ether oxygens (including phenoxy) is 2. The lowest BCUT2D eigenvalue weighted by Crippen LogP contribution is -2.02. The van der Waals surface area contributed by atoms with Crippen molar-refractivity contribution < 1.29 is 9.47 Å². The molecule has 0 unspecified atom stereocenters. The lowest BCUT2D eigenvalue weighted by atomic mass is 10.2. The van der Waals surface area contributed by atoms with Gasteiger partial charge in [-0.05, 0) is 38.1 Å². The van der Waals surface area contributed by atoms with Crippen LogP contribution in [0.1, 0.15) is 13.8 Å². The van der Waals surface area contributed by atoms with Gasteiger partial charge in [0.15, 0.2) is 11.0 Å². The van der Waals surface area contributed by atoms with Gasteiger partial charge in [-0.15, -0.1) is 10.2 Å². The van der Waals surface area contributed by atoms with E-state index < -0.39 is 0 Å². The van der Waals surface area contributed by atoms with Crippen molar-refractivity contribution in [2.45, 2.75) is 19.0 Å². The fourth-order valence-corrected chi connectivity index (χ4v) is 3.37. The van der Waals surface area contributed by atoms with Gasteiger partial charge in [0.25, 0.3) is 0 Å². The molecule has 0 aliphatic rings. The van der Waals surface area contributed by atoms with Crippen LogP contribution in [0.3, 0.4) is 0 Å². The minimum Gasteiger partial charge on any atom is -0.494 e. The number of aromatic nitrogens is 3. The number of hydrogen-bond acceptors (Lipinski definition) is 5. The standard InChI is InChI=1S/C20H23N3O2S/c1-3-24-14-15-26-20-22-21-19(16-8-6-5-7-9-16)23(20)17-10-12-18(13-11-17)25-4-2/h5-13H,3-4,14-15H2,1-2H3. The first kappa shape index (κ1) is 18.5. The quantitative estimate of drug-likeness (QED) is 0.412. The Morgan fingerprint density at radius 2 is 1.69 bits per heavy atom. The van der Waals surface area contributed by atoms with Crippen LogP contribution >= 0.6 is 11.8 Å². The van der Waals surface area contributed by atoms with E-state index in [2.05, 4.69) is 14.8 Å². The van der Waals surface area contributed by atoms with Crippen LogP contribution in [-0.4, -0.2) is 40.3 Å². The smallest absolute Gasteiger partial charge is 0.196 e. The molecule has 0 amide bonds. The average Bonchev–Trinajstić information content (AvgIpc) is 3.11. The van der Waals surface area contributed by atoms with Crippen molar-refractivity contribution in [2.24, 2.45) is 0 Å². The summed E-state index contributed by atoms with van der Waals surface area (Å²) in [6.07, 6.45) is 0. The second-order valence-electron chi connectivity index (χ2n) is 5.48. The molecule has 3 aromatic rings. The van der Waals surface area contributed by atoms with Crippen LogP contribution in [0, 0.1) is 0 Å². The lowest BCUT2D eigenvalue weighted by molar-refractivity contribution is 0.164. The van der Waals surface area contributed by atoms with Gasteiger partial charge in [0.2, 0.25) is 0 Å². The number of benzene rings is 2. The summed E-state index contributed by atoms with van der Waals surface area (Å²) in [5, 5.41) is 9.71. The van der Waals surface area contributed by atoms with Crippen LogP contribution < -0.4 is 4.74 Å². The van der Waals surface area contributed by atoms with E-state index in [4.69, 9.17) is 9.47 Å². The van der Waals surface area contributed by atoms with E-state index in [0.29, 0.717) is 13.2 Å². The Kier molecular flexibility index (Phi) is 6.68. The minimum absolute atomic E-state index is 0.653. The molecule has 2 aromatic carbocycles. The van der Waals surface area contributed by atoms with Crippen molar-refractivity contribution in [3.05, 3.63) is 54.6 Å². The van der Waals surface area contributed by atoms with Crippen molar-refractivity contribution >= 4 is 11.8 Å². The summed E-state index contributed by atoms with van der Waals surface area (Å²) < 4.78 is 13.1. The van der Waals surface area contributed by atoms with Crippen LogP contribution in [0.2, 0.25) is 0 Å². The number of rotatable bonds is 9. The predicted octanol–water partition coefficient (Wildman–Crippen LogP) is 4.46. The van der Waals surface area contributed by atoms with E-state index >= 15 is 0 Å². The van der Waals surface area contributed by atoms with E-state index in [1.165, 1.54) is 0 Å². The first-order valence-electron chi connectivity index (χ1n) is 8.78. The molecule has 0 atom stereocenters. The van der Waals surface area contributed by atoms with E-state index in [1.807, 2.05) is 68.4 Å². The van der Waals surface area contributed by atoms with E-state index in [1.54, 1.807) is 11.8 Å². The normalized spacial score (nSPS) is 10.8. The third-order valence-corrected chi connectivity index (χ3v) is 4.63. The molecule has 3 rings (SSSR count). The Balaban J connectivity index is 1.94. The number of thioether (sulfide) groups is 1. The SMILES string of the molecule is CCOCCSc1nnc(-c2ccccc2)n1-c1ccc(OCC)cc1. The van der Waals surface area contributed by atoms with Crippen molar-refractivity contribution in [1.82, 2.24) is 14.8 Å². The second kappa shape index (κ2) is 9.40. The molecule has 0 N–H and O–H groups in total. The summed E-state index contributed by atoms with van der Waals surface area (Å²) in [4.78, 5) is 0. The molecule has 136 valence electrons. The molecule has 0 bridgehead atoms. The molecule has 0 radical (unpaired) electrons. The van der Waals surface area contributed by atoms with Gasteiger partial charge in [-0.25, -0.2) is 0 Å². The van der Waals surface area contributed by atoms with Gasteiger partial charge in [0.1, 0.15) is 5.75 Å². The Morgan fingerprint density at radius 1 is 0.923 bits per heavy atom. The van der Waals surface area contributed by atoms with Gasteiger partial charge in [-0.2, -0.15) is 0 Å². The Labute approximate surface area is 158 Å². The largest absolute Gasteiger partial charge is 0.494 e. The molecule has 0 aliphatic heterocycles. The van der Waals surface area contributed by atoms with E-state index in [-0.39, 0.29) is 0 Å². The molecule has 26 heavy (non-hydrogen) atoms. The van der Waals surface area contributed by atoms with Gasteiger partial charge in [0, 0.05) is 23.6 Å². The molecule has 0 aliphatic carbocycles. The molecule has 1 heterocycles. The zero-order valence-corrected chi connectivity index (χ0v) is 15.9. The third-order valence-electron chi connectivity index (χ3n) is 3.73. The summed E-state index contributed by atoms with van der Waals surface area (Å²) >= 11 is 1.64. The summed E-state index contributed by atoms with van der Waals surface area (Å²) in [7, 11) is 0. The predicted molar refractivity (Wildman–Crippen MR) is 105 cm³/mol. The maximum Gasteiger partial charge on any atom is 0.196 e. The highest BCUT2D eigenvalue weighted by atomic mass is 32.2. The first-order valence-corrected chi connectivity index (χ1v) is 9.76. The van der Waals surface area contributed by atoms with Crippen LogP contribution in [-0.2, 0) is 4.74 Å². The highest BCUT2D eigenvalue weighted by Crippen LogP contribution is 2.28. The fraction of sp³-hybridized carbons (Fsp3) is 0.300. The molecule has 5 nitrogen and oxygen atoms in total. The van der Waals surface area contributed by atoms with Gasteiger partial charge >= 0.3 is 0 Å². The highest BCUT2D eigenvalue weighted by Gasteiger charge is 2.16. The fourth-order valence-electron chi connectivity index (χ4n) is 2.56. The molecular weight excluding hydrogens is 346 g/mol. The number of hydrogen-bond donors (Lipinski definition) is 0. The molecule has 6 heteroatoms. The average molecular weight is 369 g/mol. The lowest BCUT2D eigenvalue weighted by Gasteiger charge is -2.11. The molecular formula is C20H23N3O2S. The van der Waals surface area contributed by atoms with Crippen LogP contribution in [0.15, 0.2) is 59.8 Å². The summed E-state index contributed by atoms with van der Waals surface area (Å²) in [6.45, 7) is 6.05. The number of nitrogens with zero attached hydrogens (tertiary/aromatic N) is 3. The minimum atomic E-state index is 0.653. The maximum absolute atomic E-state index is 5.55. The summed E-state index contributed by atoms with van der Waals surface area (Å²) in [5.41, 5.74) is 2.04. The van der Waals surface area contributed by atoms with Gasteiger partial charge in [0.05, 0.1) is 13.2 Å². The van der Waals surface area contributed by atoms with Crippen molar-refractivity contribution in [3.8, 4) is 22.8 Å². The van der Waals surface area contributed by atoms with Crippen LogP contribution in [0.4, 0.5) is 0 Å². The van der Waals surface area contributed by atoms with Gasteiger partial charge < -0.3 is 9.47 Å². The van der Waals surface area contributed by atoms with Gasteiger partial charge in [-0.3, -0.25) is 4.57 Å².